The van der Waals surface area contributed by atoms with Gasteiger partial charge >= 0.3 is 0 Å². The van der Waals surface area contributed by atoms with Gasteiger partial charge in [0.1, 0.15) is 11.5 Å². The van der Waals surface area contributed by atoms with E-state index < -0.39 is 17.1 Å². The van der Waals surface area contributed by atoms with Crippen molar-refractivity contribution in [3.05, 3.63) is 64.4 Å². The van der Waals surface area contributed by atoms with Crippen LogP contribution in [0, 0.1) is 5.82 Å². The fourth-order valence-corrected chi connectivity index (χ4v) is 5.13. The van der Waals surface area contributed by atoms with E-state index in [0.717, 1.165) is 5.69 Å². The average Bonchev–Trinajstić information content (AvgIpc) is 3.08. The summed E-state index contributed by atoms with van der Waals surface area (Å²) in [6, 6.07) is 11.9. The number of likely N-dealkylation sites (tertiary alicyclic amines) is 1. The number of carbonyl (C=O) groups is 2. The number of ether oxygens (including phenoxy) is 1. The highest BCUT2D eigenvalue weighted by Gasteiger charge is 2.53. The number of piperidine rings is 1. The highest BCUT2D eigenvalue weighted by molar-refractivity contribution is 6.31. The van der Waals surface area contributed by atoms with Crippen LogP contribution in [0.5, 0.6) is 0 Å². The van der Waals surface area contributed by atoms with E-state index in [2.05, 4.69) is 10.6 Å². The van der Waals surface area contributed by atoms with E-state index in [4.69, 9.17) is 16.3 Å². The summed E-state index contributed by atoms with van der Waals surface area (Å²) in [4.78, 5) is 27.1. The minimum Gasteiger partial charge on any atom is -0.370 e. The van der Waals surface area contributed by atoms with Gasteiger partial charge in [-0.05, 0) is 37.1 Å². The molecule has 8 heteroatoms. The van der Waals surface area contributed by atoms with Crippen LogP contribution in [-0.4, -0.2) is 47.7 Å². The molecule has 2 N–H and O–H groups in total. The maximum atomic E-state index is 14.0. The van der Waals surface area contributed by atoms with E-state index in [9.17, 15) is 14.0 Å². The first kappa shape index (κ1) is 20.3. The summed E-state index contributed by atoms with van der Waals surface area (Å²) in [6.07, 6.45) is 1.88. The molecule has 1 atom stereocenters. The Morgan fingerprint density at radius 3 is 2.68 bits per heavy atom. The fourth-order valence-electron chi connectivity index (χ4n) is 4.90. The fraction of sp³-hybridized carbons (Fsp3) is 0.391. The molecule has 2 fully saturated rings. The van der Waals surface area contributed by atoms with Gasteiger partial charge in [-0.3, -0.25) is 9.59 Å². The first-order valence-corrected chi connectivity index (χ1v) is 10.8. The Hall–Kier alpha value is -2.64. The maximum Gasteiger partial charge on any atom is 0.255 e. The van der Waals surface area contributed by atoms with Crippen molar-refractivity contribution < 1.29 is 18.7 Å². The van der Waals surface area contributed by atoms with Crippen LogP contribution in [0.4, 0.5) is 10.1 Å². The largest absolute Gasteiger partial charge is 0.370 e. The molecule has 0 bridgehead atoms. The van der Waals surface area contributed by atoms with Crippen LogP contribution in [0.1, 0.15) is 35.2 Å². The molecule has 2 amide bonds. The molecule has 2 spiro atoms. The van der Waals surface area contributed by atoms with Crippen LogP contribution < -0.4 is 10.6 Å². The van der Waals surface area contributed by atoms with Crippen molar-refractivity contribution in [2.45, 2.75) is 36.9 Å². The highest BCUT2D eigenvalue weighted by atomic mass is 35.5. The first-order chi connectivity index (χ1) is 14.9. The number of rotatable bonds is 2. The minimum absolute atomic E-state index is 0.0578. The second kappa shape index (κ2) is 7.50. The monoisotopic (exact) mass is 443 g/mol. The smallest absolute Gasteiger partial charge is 0.255 e. The van der Waals surface area contributed by atoms with Crippen molar-refractivity contribution in [2.75, 3.05) is 25.0 Å². The lowest BCUT2D eigenvalue weighted by atomic mass is 9.84. The zero-order chi connectivity index (χ0) is 21.6. The number of nitrogens with one attached hydrogen (secondary N) is 2. The van der Waals surface area contributed by atoms with Crippen molar-refractivity contribution in [3.63, 3.8) is 0 Å². The number of amides is 2. The van der Waals surface area contributed by atoms with Gasteiger partial charge in [-0.15, -0.1) is 0 Å². The maximum absolute atomic E-state index is 14.0. The Morgan fingerprint density at radius 1 is 1.13 bits per heavy atom. The molecule has 2 aromatic rings. The molecule has 1 unspecified atom stereocenters. The number of para-hydroxylation sites is 1. The molecule has 6 nitrogen and oxygen atoms in total. The topological polar surface area (TPSA) is 70.7 Å². The van der Waals surface area contributed by atoms with Crippen LogP contribution in [-0.2, 0) is 16.0 Å². The first-order valence-electron chi connectivity index (χ1n) is 10.4. The zero-order valence-electron chi connectivity index (χ0n) is 16.9. The number of benzene rings is 2. The number of hydrogen-bond acceptors (Lipinski definition) is 4. The molecule has 3 aliphatic heterocycles. The molecular formula is C23H23ClFN3O3. The van der Waals surface area contributed by atoms with Gasteiger partial charge in [0.2, 0.25) is 5.91 Å². The number of carbonyl (C=O) groups excluding carboxylic acids is 2. The lowest BCUT2D eigenvalue weighted by Gasteiger charge is -2.41. The summed E-state index contributed by atoms with van der Waals surface area (Å²) in [5.74, 6) is -0.716. The summed E-state index contributed by atoms with van der Waals surface area (Å²) in [6.45, 7) is 1.41. The van der Waals surface area contributed by atoms with Gasteiger partial charge in [0, 0.05) is 35.8 Å². The van der Waals surface area contributed by atoms with Crippen LogP contribution >= 0.6 is 11.6 Å². The van der Waals surface area contributed by atoms with Crippen molar-refractivity contribution in [1.82, 2.24) is 10.2 Å². The van der Waals surface area contributed by atoms with Gasteiger partial charge in [0.15, 0.2) is 0 Å². The number of nitrogens with zero attached hydrogens (tertiary/aromatic N) is 1. The van der Waals surface area contributed by atoms with Crippen molar-refractivity contribution in [1.29, 1.82) is 0 Å². The summed E-state index contributed by atoms with van der Waals surface area (Å²) >= 11 is 6.07. The third-order valence-electron chi connectivity index (χ3n) is 6.56. The third-order valence-corrected chi connectivity index (χ3v) is 6.92. The lowest BCUT2D eigenvalue weighted by molar-refractivity contribution is -0.135. The molecule has 2 saturated heterocycles. The van der Waals surface area contributed by atoms with E-state index in [1.807, 2.05) is 18.2 Å². The highest BCUT2D eigenvalue weighted by Crippen LogP contribution is 2.43. The van der Waals surface area contributed by atoms with Crippen molar-refractivity contribution in [2.24, 2.45) is 0 Å². The van der Waals surface area contributed by atoms with E-state index in [-0.39, 0.29) is 28.8 Å². The third kappa shape index (κ3) is 3.66. The Bertz CT molecular complexity index is 1030. The summed E-state index contributed by atoms with van der Waals surface area (Å²) in [5.41, 5.74) is 0.623. The van der Waals surface area contributed by atoms with Crippen LogP contribution in [0.3, 0.4) is 0 Å². The number of fused-ring (bicyclic) bond motifs is 1. The van der Waals surface area contributed by atoms with Crippen molar-refractivity contribution in [3.8, 4) is 0 Å². The molecule has 162 valence electrons. The molecule has 3 aliphatic rings. The molecule has 3 heterocycles. The molecule has 0 aliphatic carbocycles. The number of halogens is 2. The molecule has 0 aromatic heterocycles. The van der Waals surface area contributed by atoms with Gasteiger partial charge in [0.25, 0.3) is 5.91 Å². The lowest BCUT2D eigenvalue weighted by Crippen LogP contribution is -2.59. The molecule has 2 aromatic carbocycles. The average molecular weight is 444 g/mol. The summed E-state index contributed by atoms with van der Waals surface area (Å²) in [7, 11) is 0. The van der Waals surface area contributed by atoms with Crippen molar-refractivity contribution >= 4 is 29.1 Å². The second-order valence-corrected chi connectivity index (χ2v) is 9.02. The van der Waals surface area contributed by atoms with Crippen LogP contribution in [0.25, 0.3) is 0 Å². The van der Waals surface area contributed by atoms with Crippen LogP contribution in [0.15, 0.2) is 42.5 Å². The predicted octanol–water partition coefficient (Wildman–Crippen LogP) is 3.35. The molecular weight excluding hydrogens is 421 g/mol. The Kier molecular flexibility index (Phi) is 4.90. The molecule has 5 rings (SSSR count). The number of anilines is 1. The quantitative estimate of drug-likeness (QED) is 0.746. The number of hydrogen-bond donors (Lipinski definition) is 2. The van der Waals surface area contributed by atoms with E-state index >= 15 is 0 Å². The van der Waals surface area contributed by atoms with Gasteiger partial charge in [-0.2, -0.15) is 0 Å². The summed E-state index contributed by atoms with van der Waals surface area (Å²) in [5, 5.41) is 6.81. The van der Waals surface area contributed by atoms with Gasteiger partial charge in [0.05, 0.1) is 24.2 Å². The minimum atomic E-state index is -0.641. The second-order valence-electron chi connectivity index (χ2n) is 8.61. The van der Waals surface area contributed by atoms with Gasteiger partial charge in [-0.1, -0.05) is 29.8 Å². The van der Waals surface area contributed by atoms with E-state index in [1.165, 1.54) is 12.1 Å². The van der Waals surface area contributed by atoms with E-state index in [1.54, 1.807) is 17.0 Å². The van der Waals surface area contributed by atoms with Crippen LogP contribution in [0.2, 0.25) is 5.02 Å². The molecule has 0 radical (unpaired) electrons. The standard InChI is InChI=1S/C23H23ClFN3O3/c24-17-5-3-6-18(25)16(17)12-20(29)28-10-8-22(9-11-28)13-23(14-31-22)26-19-7-2-1-4-15(19)21(30)27-23/h1-7,26H,8-14H2,(H,27,30). The van der Waals surface area contributed by atoms with E-state index in [0.29, 0.717) is 44.5 Å². The Labute approximate surface area is 184 Å². The SMILES string of the molecule is O=C1NC2(COC3(CCN(C(=O)Cc4c(F)cccc4Cl)CC3)C2)Nc2ccccc21. The summed E-state index contributed by atoms with van der Waals surface area (Å²) < 4.78 is 20.3. The normalized spacial score (nSPS) is 24.1. The van der Waals surface area contributed by atoms with Gasteiger partial charge < -0.3 is 20.3 Å². The molecule has 31 heavy (non-hydrogen) atoms. The Balaban J connectivity index is 1.24. The van der Waals surface area contributed by atoms with Gasteiger partial charge in [-0.25, -0.2) is 4.39 Å². The Morgan fingerprint density at radius 2 is 1.90 bits per heavy atom. The predicted molar refractivity (Wildman–Crippen MR) is 114 cm³/mol. The molecule has 0 saturated carbocycles. The zero-order valence-corrected chi connectivity index (χ0v) is 17.7.